The Morgan fingerprint density at radius 3 is 2.52 bits per heavy atom. The lowest BCUT2D eigenvalue weighted by atomic mass is 10.1. The zero-order valence-corrected chi connectivity index (χ0v) is 18.0. The van der Waals surface area contributed by atoms with Gasteiger partial charge >= 0.3 is 0 Å². The molecule has 0 bridgehead atoms. The second-order valence-corrected chi connectivity index (χ2v) is 11.2. The molecule has 1 aromatic heterocycles. The first-order valence-electron chi connectivity index (χ1n) is 8.83. The number of carbonyl (C=O) groups is 1. The number of rotatable bonds is 8. The van der Waals surface area contributed by atoms with Crippen LogP contribution in [0.25, 0.3) is 0 Å². The molecule has 1 N–H and O–H groups in total. The van der Waals surface area contributed by atoms with Gasteiger partial charge in [-0.1, -0.05) is 24.4 Å². The number of benzene rings is 1. The summed E-state index contributed by atoms with van der Waals surface area (Å²) in [6.07, 6.45) is 2.22. The number of thiophene rings is 1. The highest BCUT2D eigenvalue weighted by Crippen LogP contribution is 2.41. The van der Waals surface area contributed by atoms with Crippen LogP contribution >= 0.6 is 34.7 Å². The first-order chi connectivity index (χ1) is 13.0. The Labute approximate surface area is 173 Å². The van der Waals surface area contributed by atoms with Crippen LogP contribution in [0.1, 0.15) is 31.2 Å². The number of nitrogens with one attached hydrogen (secondary N) is 1. The topological polar surface area (TPSA) is 63.2 Å². The zero-order chi connectivity index (χ0) is 19.3. The summed E-state index contributed by atoms with van der Waals surface area (Å²) in [7, 11) is -3.77. The molecular weight excluding hydrogens is 422 g/mol. The molecule has 27 heavy (non-hydrogen) atoms. The molecule has 146 valence electrons. The van der Waals surface area contributed by atoms with E-state index in [1.165, 1.54) is 17.7 Å². The normalized spacial score (nSPS) is 16.3. The average molecular weight is 444 g/mol. The van der Waals surface area contributed by atoms with Crippen LogP contribution in [-0.4, -0.2) is 31.4 Å². The van der Waals surface area contributed by atoms with E-state index in [0.29, 0.717) is 24.4 Å². The van der Waals surface area contributed by atoms with Crippen molar-refractivity contribution in [3.8, 4) is 0 Å². The summed E-state index contributed by atoms with van der Waals surface area (Å²) >= 11 is 9.27. The van der Waals surface area contributed by atoms with Crippen molar-refractivity contribution in [1.29, 1.82) is 0 Å². The van der Waals surface area contributed by atoms with Gasteiger partial charge in [-0.05, 0) is 59.5 Å². The Morgan fingerprint density at radius 2 is 1.89 bits per heavy atom. The first-order valence-corrected chi connectivity index (χ1v) is 12.8. The Kier molecular flexibility index (Phi) is 6.89. The summed E-state index contributed by atoms with van der Waals surface area (Å²) in [4.78, 5) is 13.1. The molecule has 1 aliphatic rings. The van der Waals surface area contributed by atoms with Gasteiger partial charge in [-0.15, -0.1) is 0 Å². The molecule has 8 heteroatoms. The summed E-state index contributed by atoms with van der Waals surface area (Å²) < 4.78 is 25.1. The largest absolute Gasteiger partial charge is 0.354 e. The lowest BCUT2D eigenvalue weighted by Gasteiger charge is -2.27. The summed E-state index contributed by atoms with van der Waals surface area (Å²) in [5, 5.41) is 7.50. The minimum Gasteiger partial charge on any atom is -0.354 e. The second kappa shape index (κ2) is 8.99. The van der Waals surface area contributed by atoms with Crippen molar-refractivity contribution < 1.29 is 13.2 Å². The minimum absolute atomic E-state index is 0.163. The Bertz CT molecular complexity index is 858. The predicted molar refractivity (Wildman–Crippen MR) is 113 cm³/mol. The fourth-order valence-corrected chi connectivity index (χ4v) is 7.16. The Hall–Kier alpha value is -1.02. The van der Waals surface area contributed by atoms with Gasteiger partial charge in [0.1, 0.15) is 0 Å². The highest BCUT2D eigenvalue weighted by Gasteiger charge is 2.52. The molecule has 1 heterocycles. The van der Waals surface area contributed by atoms with E-state index in [-0.39, 0.29) is 10.8 Å². The third-order valence-corrected chi connectivity index (χ3v) is 9.37. The SMILES string of the molecule is O=C(NCCSCc1ccsc1)C1(S(=O)(=O)c2ccc(Cl)cc2)CCCC1. The van der Waals surface area contributed by atoms with Crippen LogP contribution in [0.5, 0.6) is 0 Å². The number of thioether (sulfide) groups is 1. The minimum atomic E-state index is -3.77. The van der Waals surface area contributed by atoms with Crippen molar-refractivity contribution in [2.45, 2.75) is 41.1 Å². The Morgan fingerprint density at radius 1 is 1.19 bits per heavy atom. The number of amides is 1. The van der Waals surface area contributed by atoms with Gasteiger partial charge in [0, 0.05) is 23.1 Å². The summed E-state index contributed by atoms with van der Waals surface area (Å²) in [6.45, 7) is 0.464. The van der Waals surface area contributed by atoms with Gasteiger partial charge in [-0.25, -0.2) is 8.42 Å². The highest BCUT2D eigenvalue weighted by molar-refractivity contribution is 7.98. The third kappa shape index (κ3) is 4.53. The molecule has 2 aromatic rings. The summed E-state index contributed by atoms with van der Waals surface area (Å²) in [6, 6.07) is 8.16. The van der Waals surface area contributed by atoms with Gasteiger partial charge in [0.05, 0.1) is 4.90 Å². The molecule has 1 amide bonds. The molecule has 1 aromatic carbocycles. The maximum absolute atomic E-state index is 13.2. The van der Waals surface area contributed by atoms with Crippen LogP contribution in [0.2, 0.25) is 5.02 Å². The van der Waals surface area contributed by atoms with Crippen LogP contribution in [0, 0.1) is 0 Å². The summed E-state index contributed by atoms with van der Waals surface area (Å²) in [5.74, 6) is 1.28. The smallest absolute Gasteiger partial charge is 0.241 e. The predicted octanol–water partition coefficient (Wildman–Crippen LogP) is 4.54. The van der Waals surface area contributed by atoms with Crippen LogP contribution in [0.4, 0.5) is 0 Å². The van der Waals surface area contributed by atoms with E-state index in [1.807, 2.05) is 5.38 Å². The van der Waals surface area contributed by atoms with E-state index >= 15 is 0 Å². The number of hydrogen-bond donors (Lipinski definition) is 1. The fraction of sp³-hybridized carbons (Fsp3) is 0.421. The number of halogens is 1. The van der Waals surface area contributed by atoms with Crippen molar-refractivity contribution in [3.63, 3.8) is 0 Å². The van der Waals surface area contributed by atoms with Gasteiger partial charge in [0.25, 0.3) is 0 Å². The molecule has 0 unspecified atom stereocenters. The fourth-order valence-electron chi connectivity index (χ4n) is 3.37. The van der Waals surface area contributed by atoms with Crippen LogP contribution in [-0.2, 0) is 20.4 Å². The van der Waals surface area contributed by atoms with Gasteiger partial charge in [-0.2, -0.15) is 23.1 Å². The first kappa shape index (κ1) is 20.7. The molecule has 0 atom stereocenters. The molecule has 4 nitrogen and oxygen atoms in total. The standard InChI is InChI=1S/C19H22ClNO3S3/c20-16-3-5-17(6-4-16)27(23,24)19(8-1-2-9-19)18(22)21-10-12-26-14-15-7-11-25-13-15/h3-7,11,13H,1-2,8-10,12,14H2,(H,21,22). The molecule has 1 fully saturated rings. The number of hydrogen-bond acceptors (Lipinski definition) is 5. The van der Waals surface area contributed by atoms with Gasteiger partial charge < -0.3 is 5.32 Å². The summed E-state index contributed by atoms with van der Waals surface area (Å²) in [5.41, 5.74) is 1.27. The highest BCUT2D eigenvalue weighted by atomic mass is 35.5. The van der Waals surface area contributed by atoms with Crippen molar-refractivity contribution in [2.24, 2.45) is 0 Å². The maximum atomic E-state index is 13.2. The van der Waals surface area contributed by atoms with Crippen LogP contribution < -0.4 is 5.32 Å². The molecule has 1 aliphatic carbocycles. The number of carbonyl (C=O) groups excluding carboxylic acids is 1. The molecule has 3 rings (SSSR count). The lowest BCUT2D eigenvalue weighted by Crippen LogP contribution is -2.51. The monoisotopic (exact) mass is 443 g/mol. The van der Waals surface area contributed by atoms with E-state index in [2.05, 4.69) is 16.8 Å². The molecule has 0 saturated heterocycles. The Balaban J connectivity index is 1.64. The molecule has 0 aliphatic heterocycles. The van der Waals surface area contributed by atoms with Gasteiger partial charge in [0.2, 0.25) is 5.91 Å². The van der Waals surface area contributed by atoms with Crippen molar-refractivity contribution in [1.82, 2.24) is 5.32 Å². The van der Waals surface area contributed by atoms with Gasteiger partial charge in [0.15, 0.2) is 14.6 Å². The van der Waals surface area contributed by atoms with Crippen LogP contribution in [0.15, 0.2) is 46.0 Å². The quantitative estimate of drug-likeness (QED) is 0.608. The maximum Gasteiger partial charge on any atom is 0.241 e. The zero-order valence-electron chi connectivity index (χ0n) is 14.8. The van der Waals surface area contributed by atoms with E-state index < -0.39 is 14.6 Å². The molecule has 0 spiro atoms. The molecule has 0 radical (unpaired) electrons. The van der Waals surface area contributed by atoms with E-state index in [4.69, 9.17) is 11.6 Å². The second-order valence-electron chi connectivity index (χ2n) is 6.60. The van der Waals surface area contributed by atoms with E-state index in [0.717, 1.165) is 24.3 Å². The number of sulfone groups is 1. The van der Waals surface area contributed by atoms with E-state index in [9.17, 15) is 13.2 Å². The van der Waals surface area contributed by atoms with Crippen molar-refractivity contribution >= 4 is 50.4 Å². The average Bonchev–Trinajstić information content (AvgIpc) is 3.34. The lowest BCUT2D eigenvalue weighted by molar-refractivity contribution is -0.123. The molecule has 1 saturated carbocycles. The van der Waals surface area contributed by atoms with Crippen LogP contribution in [0.3, 0.4) is 0 Å². The molecular formula is C19H22ClNO3S3. The van der Waals surface area contributed by atoms with E-state index in [1.54, 1.807) is 35.2 Å². The van der Waals surface area contributed by atoms with Gasteiger partial charge in [-0.3, -0.25) is 4.79 Å². The third-order valence-electron chi connectivity index (χ3n) is 4.84. The van der Waals surface area contributed by atoms with Crippen molar-refractivity contribution in [2.75, 3.05) is 12.3 Å². The van der Waals surface area contributed by atoms with Crippen molar-refractivity contribution in [3.05, 3.63) is 51.7 Å².